The molecule has 0 aromatic carbocycles. The van der Waals surface area contributed by atoms with Gasteiger partial charge in [0.1, 0.15) is 12.9 Å². The van der Waals surface area contributed by atoms with Crippen LogP contribution in [0.5, 0.6) is 0 Å². The van der Waals surface area contributed by atoms with E-state index < -0.39 is 30.4 Å². The molecule has 2 aliphatic rings. The molecule has 0 spiro atoms. The summed E-state index contributed by atoms with van der Waals surface area (Å²) in [5.41, 5.74) is 0.325. The van der Waals surface area contributed by atoms with Gasteiger partial charge in [-0.15, -0.1) is 0 Å². The molecule has 0 radical (unpaired) electrons. The maximum atomic E-state index is 11.5. The SMILES string of the molecule is O=C(CO)C1=COC(=O)C2C(O)CCCC12. The van der Waals surface area contributed by atoms with Crippen LogP contribution in [-0.2, 0) is 14.3 Å². The number of cyclic esters (lactones) is 1. The average molecular weight is 226 g/mol. The minimum absolute atomic E-state index is 0.301. The number of aliphatic hydroxyl groups excluding tert-OH is 2. The maximum Gasteiger partial charge on any atom is 0.317 e. The smallest absolute Gasteiger partial charge is 0.317 e. The Morgan fingerprint density at radius 2 is 2.25 bits per heavy atom. The molecule has 0 saturated heterocycles. The second-order valence-corrected chi connectivity index (χ2v) is 4.22. The first kappa shape index (κ1) is 11.3. The molecule has 0 aromatic rings. The molecule has 1 saturated carbocycles. The van der Waals surface area contributed by atoms with Crippen molar-refractivity contribution in [3.8, 4) is 0 Å². The predicted octanol–water partition coefficient (Wildman–Crippen LogP) is -0.234. The molecular weight excluding hydrogens is 212 g/mol. The van der Waals surface area contributed by atoms with E-state index in [-0.39, 0.29) is 5.92 Å². The molecule has 1 aliphatic carbocycles. The molecule has 3 unspecified atom stereocenters. The maximum absolute atomic E-state index is 11.5. The number of carbonyl (C=O) groups is 2. The van der Waals surface area contributed by atoms with Crippen molar-refractivity contribution >= 4 is 11.8 Å². The molecule has 1 aliphatic heterocycles. The van der Waals surface area contributed by atoms with Crippen LogP contribution in [0.1, 0.15) is 19.3 Å². The van der Waals surface area contributed by atoms with Crippen LogP contribution in [0, 0.1) is 11.8 Å². The summed E-state index contributed by atoms with van der Waals surface area (Å²) < 4.78 is 4.76. The molecule has 5 nitrogen and oxygen atoms in total. The second-order valence-electron chi connectivity index (χ2n) is 4.22. The van der Waals surface area contributed by atoms with Crippen molar-refractivity contribution in [1.29, 1.82) is 0 Å². The summed E-state index contributed by atoms with van der Waals surface area (Å²) in [5, 5.41) is 18.6. The molecule has 2 N–H and O–H groups in total. The van der Waals surface area contributed by atoms with Gasteiger partial charge in [-0.3, -0.25) is 9.59 Å². The molecule has 0 bridgehead atoms. The highest BCUT2D eigenvalue weighted by atomic mass is 16.5. The van der Waals surface area contributed by atoms with Crippen molar-refractivity contribution in [1.82, 2.24) is 0 Å². The van der Waals surface area contributed by atoms with E-state index in [9.17, 15) is 14.7 Å². The number of esters is 1. The minimum atomic E-state index is -0.749. The van der Waals surface area contributed by atoms with Gasteiger partial charge in [0, 0.05) is 11.5 Å². The van der Waals surface area contributed by atoms with Gasteiger partial charge in [0.05, 0.1) is 12.0 Å². The van der Waals surface area contributed by atoms with Crippen LogP contribution in [0.15, 0.2) is 11.8 Å². The molecule has 1 fully saturated rings. The number of fused-ring (bicyclic) bond motifs is 1. The fourth-order valence-electron chi connectivity index (χ4n) is 2.50. The zero-order valence-corrected chi connectivity index (χ0v) is 8.76. The predicted molar refractivity (Wildman–Crippen MR) is 53.1 cm³/mol. The van der Waals surface area contributed by atoms with Crippen LogP contribution in [0.3, 0.4) is 0 Å². The fourth-order valence-corrected chi connectivity index (χ4v) is 2.50. The topological polar surface area (TPSA) is 83.8 Å². The lowest BCUT2D eigenvalue weighted by molar-refractivity contribution is -0.153. The molecule has 88 valence electrons. The van der Waals surface area contributed by atoms with Crippen molar-refractivity contribution in [2.24, 2.45) is 11.8 Å². The molecule has 0 amide bonds. The summed E-state index contributed by atoms with van der Waals surface area (Å²) in [7, 11) is 0. The van der Waals surface area contributed by atoms with Gasteiger partial charge < -0.3 is 14.9 Å². The van der Waals surface area contributed by atoms with Gasteiger partial charge in [0.2, 0.25) is 0 Å². The third kappa shape index (κ3) is 1.76. The summed E-state index contributed by atoms with van der Waals surface area (Å²) >= 11 is 0. The van der Waals surface area contributed by atoms with Crippen molar-refractivity contribution in [3.63, 3.8) is 0 Å². The highest BCUT2D eigenvalue weighted by molar-refractivity contribution is 5.98. The lowest BCUT2D eigenvalue weighted by Gasteiger charge is -2.36. The number of aliphatic hydroxyl groups is 2. The first-order valence-electron chi connectivity index (χ1n) is 5.38. The number of Topliss-reactive ketones (excluding diaryl/α,β-unsaturated/α-hetero) is 1. The Bertz CT molecular complexity index is 346. The van der Waals surface area contributed by atoms with Gasteiger partial charge in [-0.25, -0.2) is 0 Å². The molecule has 0 aromatic heterocycles. The van der Waals surface area contributed by atoms with E-state index in [4.69, 9.17) is 9.84 Å². The lowest BCUT2D eigenvalue weighted by atomic mass is 9.72. The molecule has 1 heterocycles. The number of ketones is 1. The number of rotatable bonds is 2. The number of carbonyl (C=O) groups excluding carboxylic acids is 2. The van der Waals surface area contributed by atoms with E-state index in [1.165, 1.54) is 0 Å². The van der Waals surface area contributed by atoms with Gasteiger partial charge in [0.15, 0.2) is 5.78 Å². The quantitative estimate of drug-likeness (QED) is 0.635. The summed E-state index contributed by atoms with van der Waals surface area (Å²) in [4.78, 5) is 22.9. The number of ether oxygens (including phenoxy) is 1. The van der Waals surface area contributed by atoms with Crippen molar-refractivity contribution in [3.05, 3.63) is 11.8 Å². The highest BCUT2D eigenvalue weighted by Crippen LogP contribution is 2.39. The molecule has 3 atom stereocenters. The molecule has 5 heteroatoms. The summed E-state index contributed by atoms with van der Waals surface area (Å²) in [6, 6.07) is 0. The van der Waals surface area contributed by atoms with Crippen LogP contribution >= 0.6 is 0 Å². The van der Waals surface area contributed by atoms with Crippen LogP contribution in [0.2, 0.25) is 0 Å². The Kier molecular flexibility index (Phi) is 3.07. The van der Waals surface area contributed by atoms with Crippen molar-refractivity contribution in [2.45, 2.75) is 25.4 Å². The van der Waals surface area contributed by atoms with E-state index in [2.05, 4.69) is 0 Å². The average Bonchev–Trinajstić information content (AvgIpc) is 2.28. The van der Waals surface area contributed by atoms with Gasteiger partial charge >= 0.3 is 5.97 Å². The largest absolute Gasteiger partial charge is 0.434 e. The van der Waals surface area contributed by atoms with Gasteiger partial charge in [-0.05, 0) is 12.8 Å². The molecule has 2 rings (SSSR count). The first-order chi connectivity index (χ1) is 7.65. The number of hydrogen-bond acceptors (Lipinski definition) is 5. The van der Waals surface area contributed by atoms with Crippen molar-refractivity contribution in [2.75, 3.05) is 6.61 Å². The monoisotopic (exact) mass is 226 g/mol. The van der Waals surface area contributed by atoms with Gasteiger partial charge in [-0.1, -0.05) is 6.42 Å². The number of hydrogen-bond donors (Lipinski definition) is 2. The third-order valence-corrected chi connectivity index (χ3v) is 3.30. The van der Waals surface area contributed by atoms with E-state index in [1.54, 1.807) is 0 Å². The van der Waals surface area contributed by atoms with E-state index >= 15 is 0 Å². The summed E-state index contributed by atoms with van der Waals surface area (Å²) in [6.45, 7) is -0.595. The normalized spacial score (nSPS) is 33.8. The van der Waals surface area contributed by atoms with E-state index in [0.29, 0.717) is 18.4 Å². The van der Waals surface area contributed by atoms with E-state index in [0.717, 1.165) is 12.7 Å². The second kappa shape index (κ2) is 4.35. The lowest BCUT2D eigenvalue weighted by Crippen LogP contribution is -2.43. The molecular formula is C11H14O5. The van der Waals surface area contributed by atoms with Crippen LogP contribution in [-0.4, -0.2) is 34.7 Å². The van der Waals surface area contributed by atoms with Crippen molar-refractivity contribution < 1.29 is 24.5 Å². The zero-order chi connectivity index (χ0) is 11.7. The van der Waals surface area contributed by atoms with Gasteiger partial charge in [-0.2, -0.15) is 0 Å². The Labute approximate surface area is 92.7 Å². The fraction of sp³-hybridized carbons (Fsp3) is 0.636. The Hall–Kier alpha value is -1.20. The standard InChI is InChI=1S/C11H14O5/c12-4-9(14)7-5-16-11(15)10-6(7)2-1-3-8(10)13/h5-6,8,10,12-13H,1-4H2. The van der Waals surface area contributed by atoms with Crippen LogP contribution in [0.25, 0.3) is 0 Å². The molecule has 16 heavy (non-hydrogen) atoms. The summed E-state index contributed by atoms with van der Waals surface area (Å²) in [6.07, 6.45) is 2.37. The van der Waals surface area contributed by atoms with Crippen LogP contribution < -0.4 is 0 Å². The zero-order valence-electron chi connectivity index (χ0n) is 8.76. The Balaban J connectivity index is 2.29. The Morgan fingerprint density at radius 1 is 1.50 bits per heavy atom. The van der Waals surface area contributed by atoms with Gasteiger partial charge in [0.25, 0.3) is 0 Å². The van der Waals surface area contributed by atoms with E-state index in [1.807, 2.05) is 0 Å². The third-order valence-electron chi connectivity index (χ3n) is 3.30. The highest BCUT2D eigenvalue weighted by Gasteiger charge is 2.44. The summed E-state index contributed by atoms with van der Waals surface area (Å²) in [5.74, 6) is -1.86. The Morgan fingerprint density at radius 3 is 2.94 bits per heavy atom. The first-order valence-corrected chi connectivity index (χ1v) is 5.38. The minimum Gasteiger partial charge on any atom is -0.434 e. The van der Waals surface area contributed by atoms with Crippen LogP contribution in [0.4, 0.5) is 0 Å².